The van der Waals surface area contributed by atoms with Gasteiger partial charge in [-0.2, -0.15) is 13.2 Å². The molecule has 1 heterocycles. The van der Waals surface area contributed by atoms with Gasteiger partial charge in [-0.3, -0.25) is 4.79 Å². The molecule has 4 aromatic rings. The number of rotatable bonds is 9. The van der Waals surface area contributed by atoms with Gasteiger partial charge in [0.05, 0.1) is 5.56 Å². The summed E-state index contributed by atoms with van der Waals surface area (Å²) in [6, 6.07) is 20.9. The highest BCUT2D eigenvalue weighted by Gasteiger charge is 2.30. The molecule has 7 heteroatoms. The van der Waals surface area contributed by atoms with Crippen molar-refractivity contribution in [2.75, 3.05) is 0 Å². The van der Waals surface area contributed by atoms with Crippen LogP contribution in [0.1, 0.15) is 47.8 Å². The van der Waals surface area contributed by atoms with Crippen LogP contribution in [-0.4, -0.2) is 10.8 Å². The first-order valence-electron chi connectivity index (χ1n) is 11.3. The zero-order valence-corrected chi connectivity index (χ0v) is 19.1. The zero-order valence-electron chi connectivity index (χ0n) is 19.1. The fourth-order valence-corrected chi connectivity index (χ4v) is 3.58. The van der Waals surface area contributed by atoms with E-state index in [4.69, 9.17) is 9.15 Å². The minimum atomic E-state index is -4.42. The highest BCUT2D eigenvalue weighted by Crippen LogP contribution is 2.33. The first-order chi connectivity index (χ1) is 16.8. The summed E-state index contributed by atoms with van der Waals surface area (Å²) in [4.78, 5) is 16.9. The van der Waals surface area contributed by atoms with Gasteiger partial charge in [-0.15, -0.1) is 0 Å². The average molecular weight is 479 g/mol. The predicted molar refractivity (Wildman–Crippen MR) is 127 cm³/mol. The summed E-state index contributed by atoms with van der Waals surface area (Å²) in [6.45, 7) is 2.09. The lowest BCUT2D eigenvalue weighted by Crippen LogP contribution is -2.04. The summed E-state index contributed by atoms with van der Waals surface area (Å²) >= 11 is 0. The van der Waals surface area contributed by atoms with Crippen molar-refractivity contribution in [3.63, 3.8) is 0 Å². The number of benzene rings is 3. The summed E-state index contributed by atoms with van der Waals surface area (Å²) in [7, 11) is 0. The Kier molecular flexibility index (Phi) is 7.34. The van der Waals surface area contributed by atoms with Gasteiger partial charge in [0.15, 0.2) is 11.5 Å². The maximum Gasteiger partial charge on any atom is 0.416 e. The van der Waals surface area contributed by atoms with Gasteiger partial charge in [-0.1, -0.05) is 55.8 Å². The van der Waals surface area contributed by atoms with Crippen LogP contribution in [0.15, 0.2) is 83.3 Å². The molecule has 0 unspecified atom stereocenters. The Balaban J connectivity index is 1.60. The van der Waals surface area contributed by atoms with E-state index >= 15 is 0 Å². The van der Waals surface area contributed by atoms with E-state index < -0.39 is 11.7 Å². The third-order valence-corrected chi connectivity index (χ3v) is 5.48. The molecule has 0 fully saturated rings. The molecule has 3 aromatic carbocycles. The minimum Gasteiger partial charge on any atom is -0.487 e. The second-order valence-corrected chi connectivity index (χ2v) is 8.08. The van der Waals surface area contributed by atoms with Gasteiger partial charge in [0.2, 0.25) is 5.89 Å². The van der Waals surface area contributed by atoms with Crippen LogP contribution in [0.5, 0.6) is 5.75 Å². The standard InChI is InChI=1S/C28H24F3NO3/c1-2-3-12-25(33)21-10-7-11-23(17-21)34-18-24-26(19-8-5-4-6-9-19)35-27(32-24)20-13-15-22(16-14-20)28(29,30)31/h4-11,13-17H,2-3,12,18H2,1H3. The number of ether oxygens (including phenoxy) is 1. The van der Waals surface area contributed by atoms with Crippen molar-refractivity contribution in [2.24, 2.45) is 0 Å². The SMILES string of the molecule is CCCCC(=O)c1cccc(OCc2nc(-c3ccc(C(F)(F)F)cc3)oc2-c2ccccc2)c1. The van der Waals surface area contributed by atoms with Crippen molar-refractivity contribution < 1.29 is 27.1 Å². The van der Waals surface area contributed by atoms with E-state index in [0.717, 1.165) is 30.5 Å². The van der Waals surface area contributed by atoms with E-state index in [1.54, 1.807) is 24.3 Å². The third-order valence-electron chi connectivity index (χ3n) is 5.48. The number of carbonyl (C=O) groups excluding carboxylic acids is 1. The summed E-state index contributed by atoms with van der Waals surface area (Å²) < 4.78 is 50.7. The van der Waals surface area contributed by atoms with Crippen molar-refractivity contribution >= 4 is 5.78 Å². The lowest BCUT2D eigenvalue weighted by Gasteiger charge is -2.07. The highest BCUT2D eigenvalue weighted by atomic mass is 19.4. The van der Waals surface area contributed by atoms with Gasteiger partial charge in [-0.25, -0.2) is 4.98 Å². The topological polar surface area (TPSA) is 52.3 Å². The fourth-order valence-electron chi connectivity index (χ4n) is 3.58. The fraction of sp³-hybridized carbons (Fsp3) is 0.214. The molecule has 1 aromatic heterocycles. The molecule has 4 nitrogen and oxygen atoms in total. The minimum absolute atomic E-state index is 0.0565. The molecular weight excluding hydrogens is 455 g/mol. The summed E-state index contributed by atoms with van der Waals surface area (Å²) in [6.07, 6.45) is -2.17. The number of ketones is 1. The number of carbonyl (C=O) groups is 1. The number of oxazole rings is 1. The molecule has 0 spiro atoms. The number of unbranched alkanes of at least 4 members (excludes halogenated alkanes) is 1. The van der Waals surface area contributed by atoms with Crippen LogP contribution >= 0.6 is 0 Å². The summed E-state index contributed by atoms with van der Waals surface area (Å²) in [5, 5.41) is 0. The molecular formula is C28H24F3NO3. The second-order valence-electron chi connectivity index (χ2n) is 8.08. The van der Waals surface area contributed by atoms with Gasteiger partial charge in [0.25, 0.3) is 0 Å². The molecule has 0 aliphatic carbocycles. The predicted octanol–water partition coefficient (Wildman–Crippen LogP) is 7.98. The maximum atomic E-state index is 12.9. The van der Waals surface area contributed by atoms with E-state index in [9.17, 15) is 18.0 Å². The summed E-state index contributed by atoms with van der Waals surface area (Å²) in [5.41, 5.74) is 1.52. The number of nitrogens with zero attached hydrogens (tertiary/aromatic N) is 1. The van der Waals surface area contributed by atoms with Crippen molar-refractivity contribution in [1.29, 1.82) is 0 Å². The van der Waals surface area contributed by atoms with E-state index in [-0.39, 0.29) is 18.3 Å². The number of halogens is 3. The van der Waals surface area contributed by atoms with Crippen LogP contribution in [0.4, 0.5) is 13.2 Å². The van der Waals surface area contributed by atoms with Crippen LogP contribution < -0.4 is 4.74 Å². The molecule has 180 valence electrons. The smallest absolute Gasteiger partial charge is 0.416 e. The van der Waals surface area contributed by atoms with Gasteiger partial charge >= 0.3 is 6.18 Å². The molecule has 0 N–H and O–H groups in total. The lowest BCUT2D eigenvalue weighted by molar-refractivity contribution is -0.137. The third kappa shape index (κ3) is 5.98. The summed E-state index contributed by atoms with van der Waals surface area (Å²) in [5.74, 6) is 1.24. The number of alkyl halides is 3. The van der Waals surface area contributed by atoms with Crippen LogP contribution in [0.25, 0.3) is 22.8 Å². The van der Waals surface area contributed by atoms with E-state index in [2.05, 4.69) is 4.98 Å². The molecule has 0 saturated heterocycles. The van der Waals surface area contributed by atoms with Gasteiger partial charge < -0.3 is 9.15 Å². The Labute approximate surface area is 201 Å². The van der Waals surface area contributed by atoms with Gasteiger partial charge in [-0.05, 0) is 42.8 Å². The molecule has 0 amide bonds. The molecule has 0 aliphatic heterocycles. The zero-order chi connectivity index (χ0) is 24.8. The Morgan fingerprint density at radius 1 is 0.943 bits per heavy atom. The number of Topliss-reactive ketones (excluding diaryl/α,β-unsaturated/α-hetero) is 1. The Morgan fingerprint density at radius 3 is 2.37 bits per heavy atom. The molecule has 0 aliphatic rings. The number of hydrogen-bond acceptors (Lipinski definition) is 4. The average Bonchev–Trinajstić information content (AvgIpc) is 3.30. The maximum absolute atomic E-state index is 12.9. The Hall–Kier alpha value is -3.87. The van der Waals surface area contributed by atoms with Crippen molar-refractivity contribution in [3.05, 3.63) is 95.7 Å². The normalized spacial score (nSPS) is 11.4. The lowest BCUT2D eigenvalue weighted by atomic mass is 10.1. The Bertz CT molecular complexity index is 1280. The first kappa shape index (κ1) is 24.3. The monoisotopic (exact) mass is 479 g/mol. The van der Waals surface area contributed by atoms with Gasteiger partial charge in [0.1, 0.15) is 18.1 Å². The molecule has 0 radical (unpaired) electrons. The van der Waals surface area contributed by atoms with Crippen molar-refractivity contribution in [2.45, 2.75) is 39.0 Å². The van der Waals surface area contributed by atoms with E-state index in [1.807, 2.05) is 37.3 Å². The molecule has 35 heavy (non-hydrogen) atoms. The van der Waals surface area contributed by atoms with Crippen LogP contribution in [0.3, 0.4) is 0 Å². The second kappa shape index (κ2) is 10.6. The number of aromatic nitrogens is 1. The molecule has 0 atom stereocenters. The highest BCUT2D eigenvalue weighted by molar-refractivity contribution is 5.96. The van der Waals surface area contributed by atoms with Crippen LogP contribution in [-0.2, 0) is 12.8 Å². The van der Waals surface area contributed by atoms with Crippen molar-refractivity contribution in [1.82, 2.24) is 4.98 Å². The Morgan fingerprint density at radius 2 is 1.69 bits per heavy atom. The van der Waals surface area contributed by atoms with Crippen LogP contribution in [0.2, 0.25) is 0 Å². The van der Waals surface area contributed by atoms with Crippen molar-refractivity contribution in [3.8, 4) is 28.5 Å². The van der Waals surface area contributed by atoms with Gasteiger partial charge in [0, 0.05) is 23.1 Å². The van der Waals surface area contributed by atoms with Crippen LogP contribution in [0, 0.1) is 0 Å². The molecule has 0 saturated carbocycles. The largest absolute Gasteiger partial charge is 0.487 e. The molecule has 0 bridgehead atoms. The van der Waals surface area contributed by atoms with E-state index in [0.29, 0.717) is 34.8 Å². The molecule has 4 rings (SSSR count). The van der Waals surface area contributed by atoms with E-state index in [1.165, 1.54) is 12.1 Å². The first-order valence-corrected chi connectivity index (χ1v) is 11.3. The quantitative estimate of drug-likeness (QED) is 0.228. The number of hydrogen-bond donors (Lipinski definition) is 0.